The summed E-state index contributed by atoms with van der Waals surface area (Å²) in [6.45, 7) is 1.88. The van der Waals surface area contributed by atoms with Gasteiger partial charge in [-0.3, -0.25) is 19.4 Å². The smallest absolute Gasteiger partial charge is 0.406 e. The molecule has 4 aromatic carbocycles. The van der Waals surface area contributed by atoms with Gasteiger partial charge in [0.2, 0.25) is 11.8 Å². The Morgan fingerprint density at radius 1 is 0.958 bits per heavy atom. The highest BCUT2D eigenvalue weighted by atomic mass is 19.4. The van der Waals surface area contributed by atoms with Crippen molar-refractivity contribution < 1.29 is 32.3 Å². The van der Waals surface area contributed by atoms with Gasteiger partial charge in [-0.2, -0.15) is 0 Å². The normalized spacial score (nSPS) is 17.7. The number of pyridine rings is 1. The number of aromatic nitrogens is 1. The van der Waals surface area contributed by atoms with Crippen LogP contribution in [0, 0.1) is 0 Å². The van der Waals surface area contributed by atoms with Crippen LogP contribution in [0.25, 0.3) is 21.7 Å². The standard InChI is InChI=1S/C37H33F3N4O4/c1-23-16-18-43(32(35(41)46)22-26-9-4-8-25-7-2-3-13-30(25)26)36(47)34(28-10-5-12-29(21-28)48-37(38,39)40)44(23)33(45)20-24-14-15-31-27(19-24)11-6-17-42-31/h2-15,17,19,21,23,32,34H,16,18,20,22H2,1H3,(H2,41,46)/t23-,32?,34+/m1/s1. The molecule has 0 radical (unpaired) electrons. The van der Waals surface area contributed by atoms with Crippen LogP contribution in [0.2, 0.25) is 0 Å². The average Bonchev–Trinajstić information content (AvgIpc) is 3.18. The Morgan fingerprint density at radius 2 is 1.71 bits per heavy atom. The first-order chi connectivity index (χ1) is 23.0. The van der Waals surface area contributed by atoms with Gasteiger partial charge < -0.3 is 20.3 Å². The fourth-order valence-electron chi connectivity index (χ4n) is 6.53. The molecular weight excluding hydrogens is 621 g/mol. The number of benzene rings is 4. The summed E-state index contributed by atoms with van der Waals surface area (Å²) in [6.07, 6.45) is -2.97. The van der Waals surface area contributed by atoms with Gasteiger partial charge in [-0.25, -0.2) is 0 Å². The zero-order valence-corrected chi connectivity index (χ0v) is 26.1. The molecule has 8 nitrogen and oxygen atoms in total. The number of amides is 3. The van der Waals surface area contributed by atoms with Gasteiger partial charge in [0.25, 0.3) is 5.91 Å². The van der Waals surface area contributed by atoms with Gasteiger partial charge >= 0.3 is 6.36 Å². The van der Waals surface area contributed by atoms with Gasteiger partial charge in [0.05, 0.1) is 11.9 Å². The molecule has 0 saturated carbocycles. The molecule has 5 aromatic rings. The van der Waals surface area contributed by atoms with Crippen molar-refractivity contribution in [3.8, 4) is 5.75 Å². The highest BCUT2D eigenvalue weighted by molar-refractivity contribution is 5.94. The number of hydrogen-bond donors (Lipinski definition) is 1. The van der Waals surface area contributed by atoms with Crippen LogP contribution < -0.4 is 10.5 Å². The van der Waals surface area contributed by atoms with Crippen LogP contribution in [0.4, 0.5) is 13.2 Å². The van der Waals surface area contributed by atoms with E-state index in [1.165, 1.54) is 21.9 Å². The lowest BCUT2D eigenvalue weighted by molar-refractivity contribution is -0.274. The maximum absolute atomic E-state index is 14.7. The van der Waals surface area contributed by atoms with E-state index in [9.17, 15) is 27.6 Å². The molecule has 0 bridgehead atoms. The van der Waals surface area contributed by atoms with Crippen LogP contribution in [0.1, 0.15) is 36.1 Å². The number of nitrogens with two attached hydrogens (primary N) is 1. The second-order valence-electron chi connectivity index (χ2n) is 12.0. The van der Waals surface area contributed by atoms with Crippen molar-refractivity contribution in [3.63, 3.8) is 0 Å². The Kier molecular flexibility index (Phi) is 9.03. The predicted octanol–water partition coefficient (Wildman–Crippen LogP) is 6.12. The van der Waals surface area contributed by atoms with Crippen LogP contribution in [0.5, 0.6) is 5.75 Å². The molecule has 2 heterocycles. The van der Waals surface area contributed by atoms with Crippen molar-refractivity contribution in [2.24, 2.45) is 5.73 Å². The number of halogens is 3. The lowest BCUT2D eigenvalue weighted by Gasteiger charge is -2.36. The molecular formula is C37H33F3N4O4. The SMILES string of the molecule is C[C@@H]1CCN(C(Cc2cccc3ccccc23)C(N)=O)C(=O)[C@H](c2cccc(OC(F)(F)F)c2)N1C(=O)Cc1ccc2ncccc2c1. The van der Waals surface area contributed by atoms with Crippen LogP contribution >= 0.6 is 0 Å². The number of carbonyl (C=O) groups is 3. The third-order valence-electron chi connectivity index (χ3n) is 8.77. The lowest BCUT2D eigenvalue weighted by atomic mass is 9.96. The summed E-state index contributed by atoms with van der Waals surface area (Å²) in [4.78, 5) is 49.1. The van der Waals surface area contributed by atoms with E-state index in [0.29, 0.717) is 12.0 Å². The Balaban J connectivity index is 1.40. The minimum atomic E-state index is -4.97. The second-order valence-corrected chi connectivity index (χ2v) is 12.0. The number of nitrogens with zero attached hydrogens (tertiary/aromatic N) is 3. The number of hydrogen-bond acceptors (Lipinski definition) is 5. The van der Waals surface area contributed by atoms with Gasteiger partial charge in [0.15, 0.2) is 0 Å². The monoisotopic (exact) mass is 654 g/mol. The first-order valence-electron chi connectivity index (χ1n) is 15.6. The van der Waals surface area contributed by atoms with Crippen molar-refractivity contribution in [2.75, 3.05) is 6.54 Å². The average molecular weight is 655 g/mol. The minimum Gasteiger partial charge on any atom is -0.406 e. The van der Waals surface area contributed by atoms with Crippen molar-refractivity contribution in [2.45, 2.75) is 50.7 Å². The zero-order valence-electron chi connectivity index (χ0n) is 26.1. The maximum atomic E-state index is 14.7. The number of carbonyl (C=O) groups excluding carboxylic acids is 3. The lowest BCUT2D eigenvalue weighted by Crippen LogP contribution is -2.52. The summed E-state index contributed by atoms with van der Waals surface area (Å²) in [5.74, 6) is -2.30. The van der Waals surface area contributed by atoms with E-state index in [1.54, 1.807) is 31.3 Å². The highest BCUT2D eigenvalue weighted by Gasteiger charge is 2.43. The van der Waals surface area contributed by atoms with Crippen molar-refractivity contribution in [1.82, 2.24) is 14.8 Å². The molecule has 1 aromatic heterocycles. The van der Waals surface area contributed by atoms with E-state index in [1.807, 2.05) is 54.6 Å². The summed E-state index contributed by atoms with van der Waals surface area (Å²) < 4.78 is 43.9. The molecule has 1 unspecified atom stereocenters. The predicted molar refractivity (Wildman–Crippen MR) is 175 cm³/mol. The third kappa shape index (κ3) is 6.95. The summed E-state index contributed by atoms with van der Waals surface area (Å²) in [6, 6.07) is 24.5. The van der Waals surface area contributed by atoms with Crippen LogP contribution in [0.15, 0.2) is 103 Å². The highest BCUT2D eigenvalue weighted by Crippen LogP contribution is 2.35. The fraction of sp³-hybridized carbons (Fsp3) is 0.243. The van der Waals surface area contributed by atoms with E-state index in [0.717, 1.165) is 39.4 Å². The Labute approximate surface area is 274 Å². The number of alkyl halides is 3. The maximum Gasteiger partial charge on any atom is 0.573 e. The first kappa shape index (κ1) is 32.5. The van der Waals surface area contributed by atoms with Gasteiger partial charge in [-0.1, -0.05) is 66.7 Å². The molecule has 3 atom stereocenters. The van der Waals surface area contributed by atoms with E-state index in [-0.39, 0.29) is 24.9 Å². The molecule has 1 aliphatic rings. The summed E-state index contributed by atoms with van der Waals surface area (Å²) in [7, 11) is 0. The number of fused-ring (bicyclic) bond motifs is 2. The van der Waals surface area contributed by atoms with E-state index >= 15 is 0 Å². The Morgan fingerprint density at radius 3 is 2.50 bits per heavy atom. The molecule has 0 spiro atoms. The summed E-state index contributed by atoms with van der Waals surface area (Å²) in [5, 5.41) is 2.69. The summed E-state index contributed by atoms with van der Waals surface area (Å²) in [5.41, 5.74) is 8.32. The van der Waals surface area contributed by atoms with E-state index in [4.69, 9.17) is 5.73 Å². The number of rotatable bonds is 8. The molecule has 1 saturated heterocycles. The minimum absolute atomic E-state index is 0.0764. The van der Waals surface area contributed by atoms with Crippen molar-refractivity contribution >= 4 is 39.4 Å². The molecule has 1 fully saturated rings. The Bertz CT molecular complexity index is 1990. The van der Waals surface area contributed by atoms with Crippen molar-refractivity contribution in [1.29, 1.82) is 0 Å². The quantitative estimate of drug-likeness (QED) is 0.217. The molecule has 6 rings (SSSR count). The molecule has 2 N–H and O–H groups in total. The number of primary amides is 1. The topological polar surface area (TPSA) is 106 Å². The van der Waals surface area contributed by atoms with Crippen molar-refractivity contribution in [3.05, 3.63) is 120 Å². The second kappa shape index (κ2) is 13.3. The van der Waals surface area contributed by atoms with Crippen LogP contribution in [-0.4, -0.2) is 57.5 Å². The van der Waals surface area contributed by atoms with Gasteiger partial charge in [0.1, 0.15) is 17.8 Å². The van der Waals surface area contributed by atoms with Gasteiger partial charge in [-0.15, -0.1) is 13.2 Å². The Hall–Kier alpha value is -5.45. The first-order valence-corrected chi connectivity index (χ1v) is 15.6. The van der Waals surface area contributed by atoms with Gasteiger partial charge in [0, 0.05) is 30.6 Å². The molecule has 1 aliphatic heterocycles. The van der Waals surface area contributed by atoms with E-state index in [2.05, 4.69) is 9.72 Å². The largest absolute Gasteiger partial charge is 0.573 e. The van der Waals surface area contributed by atoms with Crippen LogP contribution in [0.3, 0.4) is 0 Å². The third-order valence-corrected chi connectivity index (χ3v) is 8.77. The van der Waals surface area contributed by atoms with Crippen LogP contribution in [-0.2, 0) is 27.2 Å². The number of ether oxygens (including phenoxy) is 1. The van der Waals surface area contributed by atoms with Gasteiger partial charge in [-0.05, 0) is 71.1 Å². The molecule has 246 valence electrons. The molecule has 0 aliphatic carbocycles. The molecule has 3 amide bonds. The fourth-order valence-corrected chi connectivity index (χ4v) is 6.53. The summed E-state index contributed by atoms with van der Waals surface area (Å²) >= 11 is 0. The van der Waals surface area contributed by atoms with E-state index < -0.39 is 48.0 Å². The molecule has 48 heavy (non-hydrogen) atoms. The molecule has 11 heteroatoms. The zero-order chi connectivity index (χ0) is 34.0.